The lowest BCUT2D eigenvalue weighted by atomic mass is 9.95. The van der Waals surface area contributed by atoms with Gasteiger partial charge in [-0.05, 0) is 38.5 Å². The van der Waals surface area contributed by atoms with Gasteiger partial charge < -0.3 is 20.4 Å². The molecule has 0 amide bonds. The molecule has 0 saturated heterocycles. The molecule has 0 aromatic rings. The average molecular weight is 405 g/mol. The zero-order chi connectivity index (χ0) is 21.9. The average Bonchev–Trinajstić information content (AvgIpc) is 2.65. The second-order valence-electron chi connectivity index (χ2n) is 7.64. The molecule has 1 fully saturated rings. The fourth-order valence-electron chi connectivity index (χ4n) is 3.27. The molecule has 0 spiro atoms. The van der Waals surface area contributed by atoms with E-state index in [0.717, 1.165) is 77.0 Å². The maximum absolute atomic E-state index is 10.5. The summed E-state index contributed by atoms with van der Waals surface area (Å²) in [4.78, 5) is 21.0. The number of hydrogen-bond acceptors (Lipinski definition) is 4. The van der Waals surface area contributed by atoms with E-state index in [1.165, 1.54) is 0 Å². The van der Waals surface area contributed by atoms with Gasteiger partial charge in [-0.2, -0.15) is 0 Å². The molecule has 1 saturated carbocycles. The van der Waals surface area contributed by atoms with Crippen LogP contribution in [0.5, 0.6) is 0 Å². The standard InChI is InChI=1S/2C8H16O2.C6H12O2/c2*1-3-5-7(6-4-2)8(9)10;7-5-3-1-2-4-6(5)8/h2*7H,3-6H2,1-2H3,(H,9,10);5-8H,1-4H2. The van der Waals surface area contributed by atoms with E-state index >= 15 is 0 Å². The van der Waals surface area contributed by atoms with Crippen molar-refractivity contribution in [3.05, 3.63) is 0 Å². The Morgan fingerprint density at radius 2 is 0.929 bits per heavy atom. The first-order valence-corrected chi connectivity index (χ1v) is 11.1. The van der Waals surface area contributed by atoms with E-state index in [4.69, 9.17) is 20.4 Å². The number of carboxylic acids is 2. The molecular weight excluding hydrogens is 360 g/mol. The van der Waals surface area contributed by atoms with E-state index in [9.17, 15) is 9.59 Å². The van der Waals surface area contributed by atoms with Crippen molar-refractivity contribution in [3.8, 4) is 0 Å². The SMILES string of the molecule is CCCC(CCC)C(=O)O.CCCC(CCC)C(=O)O.OC1CCCCC1O. The third-order valence-corrected chi connectivity index (χ3v) is 4.94. The van der Waals surface area contributed by atoms with Crippen molar-refractivity contribution >= 4 is 11.9 Å². The maximum Gasteiger partial charge on any atom is 0.306 e. The highest BCUT2D eigenvalue weighted by molar-refractivity contribution is 5.70. The van der Waals surface area contributed by atoms with Crippen LogP contribution in [0.3, 0.4) is 0 Å². The summed E-state index contributed by atoms with van der Waals surface area (Å²) in [5, 5.41) is 35.1. The van der Waals surface area contributed by atoms with Crippen molar-refractivity contribution in [2.24, 2.45) is 11.8 Å². The van der Waals surface area contributed by atoms with Gasteiger partial charge in [-0.25, -0.2) is 0 Å². The lowest BCUT2D eigenvalue weighted by Crippen LogP contribution is -2.28. The molecule has 28 heavy (non-hydrogen) atoms. The molecule has 4 N–H and O–H groups in total. The van der Waals surface area contributed by atoms with Crippen molar-refractivity contribution in [1.29, 1.82) is 0 Å². The number of aliphatic hydroxyl groups excluding tert-OH is 2. The first-order valence-electron chi connectivity index (χ1n) is 11.1. The van der Waals surface area contributed by atoms with Crippen LogP contribution in [0, 0.1) is 11.8 Å². The van der Waals surface area contributed by atoms with Crippen LogP contribution in [0.2, 0.25) is 0 Å². The number of carbonyl (C=O) groups is 2. The third kappa shape index (κ3) is 15.9. The summed E-state index contributed by atoms with van der Waals surface area (Å²) in [6.45, 7) is 8.08. The van der Waals surface area contributed by atoms with Gasteiger partial charge in [0.15, 0.2) is 0 Å². The molecule has 6 nitrogen and oxygen atoms in total. The van der Waals surface area contributed by atoms with Crippen LogP contribution in [0.25, 0.3) is 0 Å². The lowest BCUT2D eigenvalue weighted by molar-refractivity contribution is -0.143. The highest BCUT2D eigenvalue weighted by atomic mass is 16.4. The first-order chi connectivity index (χ1) is 13.2. The molecule has 168 valence electrons. The van der Waals surface area contributed by atoms with Gasteiger partial charge in [0.25, 0.3) is 0 Å². The molecule has 1 aliphatic rings. The molecule has 0 aromatic heterocycles. The molecule has 0 heterocycles. The Kier molecular flexibility index (Phi) is 19.9. The van der Waals surface area contributed by atoms with Crippen LogP contribution in [-0.2, 0) is 9.59 Å². The fourth-order valence-corrected chi connectivity index (χ4v) is 3.27. The molecular formula is C22H44O6. The van der Waals surface area contributed by atoms with E-state index in [1.54, 1.807) is 0 Å². The number of hydrogen-bond donors (Lipinski definition) is 4. The zero-order valence-electron chi connectivity index (χ0n) is 18.4. The summed E-state index contributed by atoms with van der Waals surface area (Å²) in [6.07, 6.45) is 9.98. The van der Waals surface area contributed by atoms with E-state index in [-0.39, 0.29) is 11.8 Å². The Balaban J connectivity index is 0. The van der Waals surface area contributed by atoms with E-state index in [0.29, 0.717) is 0 Å². The second-order valence-corrected chi connectivity index (χ2v) is 7.64. The van der Waals surface area contributed by atoms with Crippen molar-refractivity contribution in [2.45, 2.75) is 117 Å². The minimum absolute atomic E-state index is 0.102. The molecule has 1 rings (SSSR count). The van der Waals surface area contributed by atoms with Gasteiger partial charge in [0.05, 0.1) is 24.0 Å². The third-order valence-electron chi connectivity index (χ3n) is 4.94. The Bertz CT molecular complexity index is 337. The number of rotatable bonds is 10. The van der Waals surface area contributed by atoms with Crippen LogP contribution < -0.4 is 0 Å². The van der Waals surface area contributed by atoms with Crippen LogP contribution in [0.15, 0.2) is 0 Å². The van der Waals surface area contributed by atoms with Gasteiger partial charge in [0.1, 0.15) is 0 Å². The smallest absolute Gasteiger partial charge is 0.306 e. The van der Waals surface area contributed by atoms with Gasteiger partial charge in [-0.15, -0.1) is 0 Å². The quantitative estimate of drug-likeness (QED) is 0.413. The van der Waals surface area contributed by atoms with E-state index < -0.39 is 24.1 Å². The summed E-state index contributed by atoms with van der Waals surface area (Å²) in [5.74, 6) is -1.47. The van der Waals surface area contributed by atoms with Gasteiger partial charge in [0.2, 0.25) is 0 Å². The molecule has 6 heteroatoms. The summed E-state index contributed by atoms with van der Waals surface area (Å²) >= 11 is 0. The van der Waals surface area contributed by atoms with Crippen molar-refractivity contribution in [1.82, 2.24) is 0 Å². The van der Waals surface area contributed by atoms with E-state index in [1.807, 2.05) is 27.7 Å². The Morgan fingerprint density at radius 1 is 0.679 bits per heavy atom. The van der Waals surface area contributed by atoms with Crippen LogP contribution in [0.4, 0.5) is 0 Å². The monoisotopic (exact) mass is 404 g/mol. The van der Waals surface area contributed by atoms with Gasteiger partial charge in [-0.3, -0.25) is 9.59 Å². The van der Waals surface area contributed by atoms with Crippen molar-refractivity contribution < 1.29 is 30.0 Å². The van der Waals surface area contributed by atoms with Gasteiger partial charge in [0, 0.05) is 0 Å². The number of carboxylic acid groups (broad SMARTS) is 2. The minimum Gasteiger partial charge on any atom is -0.481 e. The Morgan fingerprint density at radius 3 is 1.07 bits per heavy atom. The predicted molar refractivity (Wildman–Crippen MR) is 112 cm³/mol. The molecule has 0 radical (unpaired) electrons. The Hall–Kier alpha value is -1.14. The fraction of sp³-hybridized carbons (Fsp3) is 0.909. The highest BCUT2D eigenvalue weighted by Gasteiger charge is 2.19. The summed E-state index contributed by atoms with van der Waals surface area (Å²) in [6, 6.07) is 0. The molecule has 0 aromatic carbocycles. The number of aliphatic carboxylic acids is 2. The summed E-state index contributed by atoms with van der Waals surface area (Å²) in [7, 11) is 0. The topological polar surface area (TPSA) is 115 Å². The van der Waals surface area contributed by atoms with Crippen LogP contribution >= 0.6 is 0 Å². The normalized spacial score (nSPS) is 18.7. The molecule has 0 bridgehead atoms. The van der Waals surface area contributed by atoms with Gasteiger partial charge in [-0.1, -0.05) is 66.2 Å². The second kappa shape index (κ2) is 19.2. The molecule has 0 aliphatic heterocycles. The largest absolute Gasteiger partial charge is 0.481 e. The molecule has 1 aliphatic carbocycles. The molecule has 2 unspecified atom stereocenters. The van der Waals surface area contributed by atoms with Crippen LogP contribution in [0.1, 0.15) is 105 Å². The predicted octanol–water partition coefficient (Wildman–Crippen LogP) is 4.86. The summed E-state index contributed by atoms with van der Waals surface area (Å²) < 4.78 is 0. The highest BCUT2D eigenvalue weighted by Crippen LogP contribution is 2.17. The van der Waals surface area contributed by atoms with Crippen molar-refractivity contribution in [2.75, 3.05) is 0 Å². The van der Waals surface area contributed by atoms with E-state index in [2.05, 4.69) is 0 Å². The molecule has 2 atom stereocenters. The maximum atomic E-state index is 10.5. The minimum atomic E-state index is -0.635. The van der Waals surface area contributed by atoms with Crippen LogP contribution in [-0.4, -0.2) is 44.6 Å². The first kappa shape index (κ1) is 29.1. The van der Waals surface area contributed by atoms with Crippen molar-refractivity contribution in [3.63, 3.8) is 0 Å². The lowest BCUT2D eigenvalue weighted by Gasteiger charge is -2.22. The number of aliphatic hydroxyl groups is 2. The zero-order valence-corrected chi connectivity index (χ0v) is 18.4. The summed E-state index contributed by atoms with van der Waals surface area (Å²) in [5.41, 5.74) is 0. The van der Waals surface area contributed by atoms with Gasteiger partial charge >= 0.3 is 11.9 Å². The Labute approximate surface area is 171 Å².